The molecule has 12 nitrogen and oxygen atoms in total. The van der Waals surface area contributed by atoms with Gasteiger partial charge in [-0.15, -0.1) is 0 Å². The van der Waals surface area contributed by atoms with Gasteiger partial charge in [0.1, 0.15) is 18.6 Å². The predicted molar refractivity (Wildman–Crippen MR) is 125 cm³/mol. The molecule has 3 amide bonds. The number of rotatable bonds is 7. The summed E-state index contributed by atoms with van der Waals surface area (Å²) in [6.07, 6.45) is 3.63. The molecule has 0 aliphatic carbocycles. The molecule has 3 aromatic rings. The van der Waals surface area contributed by atoms with Crippen molar-refractivity contribution in [3.63, 3.8) is 0 Å². The van der Waals surface area contributed by atoms with Crippen molar-refractivity contribution in [3.05, 3.63) is 88.0 Å². The summed E-state index contributed by atoms with van der Waals surface area (Å²) >= 11 is 0.612. The van der Waals surface area contributed by atoms with Gasteiger partial charge in [-0.25, -0.2) is 24.3 Å². The van der Waals surface area contributed by atoms with Crippen LogP contribution in [0.5, 0.6) is 5.75 Å². The third kappa shape index (κ3) is 5.97. The molecule has 1 aromatic heterocycles. The molecule has 35 heavy (non-hydrogen) atoms. The number of hydrogen-bond donors (Lipinski definition) is 2. The van der Waals surface area contributed by atoms with E-state index in [1.54, 1.807) is 36.4 Å². The van der Waals surface area contributed by atoms with Gasteiger partial charge in [-0.3, -0.25) is 19.7 Å². The van der Waals surface area contributed by atoms with Crippen molar-refractivity contribution in [2.24, 2.45) is 5.10 Å². The van der Waals surface area contributed by atoms with Crippen LogP contribution < -0.4 is 21.2 Å². The summed E-state index contributed by atoms with van der Waals surface area (Å²) in [5.74, 6) is -1.81. The van der Waals surface area contributed by atoms with E-state index in [0.29, 0.717) is 23.0 Å². The molecule has 0 atom stereocenters. The number of benzene rings is 2. The van der Waals surface area contributed by atoms with Gasteiger partial charge in [-0.2, -0.15) is 10.2 Å². The number of hydrogen-bond acceptors (Lipinski definition) is 9. The zero-order valence-corrected chi connectivity index (χ0v) is 18.6. The van der Waals surface area contributed by atoms with E-state index in [2.05, 4.69) is 15.6 Å². The van der Waals surface area contributed by atoms with E-state index in [9.17, 15) is 24.0 Å². The monoisotopic (exact) mass is 492 g/mol. The molecule has 2 aromatic carbocycles. The van der Waals surface area contributed by atoms with E-state index in [-0.39, 0.29) is 17.2 Å². The van der Waals surface area contributed by atoms with Crippen LogP contribution in [0.25, 0.3) is 5.69 Å². The third-order valence-electron chi connectivity index (χ3n) is 4.45. The Morgan fingerprint density at radius 2 is 1.83 bits per heavy atom. The Labute approximate surface area is 201 Å². The van der Waals surface area contributed by atoms with Crippen molar-refractivity contribution in [1.29, 1.82) is 0 Å². The molecule has 2 N–H and O–H groups in total. The van der Waals surface area contributed by atoms with Crippen LogP contribution in [0.4, 0.5) is 4.79 Å². The molecule has 0 unspecified atom stereocenters. The highest BCUT2D eigenvalue weighted by molar-refractivity contribution is 8.18. The number of aromatic nitrogens is 3. The molecule has 1 fully saturated rings. The van der Waals surface area contributed by atoms with Gasteiger partial charge in [0.25, 0.3) is 17.1 Å². The molecule has 0 bridgehead atoms. The van der Waals surface area contributed by atoms with Crippen LogP contribution in [0.15, 0.2) is 81.8 Å². The number of carbonyl (C=O) groups excluding carboxylic acids is 4. The first kappa shape index (κ1) is 23.4. The zero-order valence-electron chi connectivity index (χ0n) is 17.8. The molecule has 1 aliphatic rings. The molecule has 0 spiro atoms. The van der Waals surface area contributed by atoms with Crippen LogP contribution in [0, 0.1) is 0 Å². The SMILES string of the molecule is O=C(Cn1ncn(-c2ccccc2)c1=O)N/N=C/c1ccc(OC(=O)/C=C2\SC(=O)NC2=O)cc1. The first-order valence-corrected chi connectivity index (χ1v) is 10.8. The summed E-state index contributed by atoms with van der Waals surface area (Å²) in [7, 11) is 0. The molecule has 176 valence electrons. The number of hydrazone groups is 1. The Balaban J connectivity index is 1.29. The third-order valence-corrected chi connectivity index (χ3v) is 5.26. The first-order chi connectivity index (χ1) is 16.9. The summed E-state index contributed by atoms with van der Waals surface area (Å²) in [5.41, 5.74) is 3.07. The number of thioether (sulfide) groups is 1. The largest absolute Gasteiger partial charge is 0.423 e. The highest BCUT2D eigenvalue weighted by Crippen LogP contribution is 2.23. The van der Waals surface area contributed by atoms with E-state index in [0.717, 1.165) is 10.8 Å². The van der Waals surface area contributed by atoms with Gasteiger partial charge in [-0.05, 0) is 53.7 Å². The molecule has 13 heteroatoms. The Morgan fingerprint density at radius 1 is 1.09 bits per heavy atom. The summed E-state index contributed by atoms with van der Waals surface area (Å²) < 4.78 is 7.43. The van der Waals surface area contributed by atoms with Crippen LogP contribution in [-0.4, -0.2) is 43.6 Å². The Hall–Kier alpha value is -4.78. The number of amides is 3. The molecule has 0 radical (unpaired) electrons. The number of nitrogens with zero attached hydrogens (tertiary/aromatic N) is 4. The Bertz CT molecular complexity index is 1410. The van der Waals surface area contributed by atoms with Crippen molar-refractivity contribution in [3.8, 4) is 11.4 Å². The van der Waals surface area contributed by atoms with Crippen molar-refractivity contribution in [1.82, 2.24) is 25.1 Å². The average molecular weight is 492 g/mol. The fourth-order valence-corrected chi connectivity index (χ4v) is 3.50. The number of esters is 1. The smallest absolute Gasteiger partial charge is 0.350 e. The summed E-state index contributed by atoms with van der Waals surface area (Å²) in [4.78, 5) is 58.9. The van der Waals surface area contributed by atoms with Crippen molar-refractivity contribution in [2.75, 3.05) is 0 Å². The van der Waals surface area contributed by atoms with Gasteiger partial charge in [0.15, 0.2) is 0 Å². The zero-order chi connectivity index (χ0) is 24.8. The van der Waals surface area contributed by atoms with Crippen LogP contribution in [0.2, 0.25) is 0 Å². The minimum Gasteiger partial charge on any atom is -0.423 e. The number of para-hydroxylation sites is 1. The maximum atomic E-state index is 12.4. The normalized spacial score (nSPS) is 14.3. The summed E-state index contributed by atoms with van der Waals surface area (Å²) in [6, 6.07) is 15.0. The molecular weight excluding hydrogens is 476 g/mol. The maximum Gasteiger partial charge on any atom is 0.350 e. The van der Waals surface area contributed by atoms with Crippen LogP contribution in [0.1, 0.15) is 5.56 Å². The van der Waals surface area contributed by atoms with Crippen LogP contribution in [0.3, 0.4) is 0 Å². The second kappa shape index (κ2) is 10.4. The summed E-state index contributed by atoms with van der Waals surface area (Å²) in [5, 5.41) is 9.26. The molecule has 4 rings (SSSR count). The van der Waals surface area contributed by atoms with Crippen molar-refractivity contribution < 1.29 is 23.9 Å². The first-order valence-electron chi connectivity index (χ1n) is 9.97. The molecular formula is C22H16N6O6S. The number of imide groups is 1. The van der Waals surface area contributed by atoms with Crippen molar-refractivity contribution in [2.45, 2.75) is 6.54 Å². The number of carbonyl (C=O) groups is 4. The highest BCUT2D eigenvalue weighted by Gasteiger charge is 2.26. The van der Waals surface area contributed by atoms with Crippen LogP contribution in [-0.2, 0) is 20.9 Å². The van der Waals surface area contributed by atoms with E-state index >= 15 is 0 Å². The average Bonchev–Trinajstić information content (AvgIpc) is 3.35. The molecule has 2 heterocycles. The maximum absolute atomic E-state index is 12.4. The lowest BCUT2D eigenvalue weighted by atomic mass is 10.2. The van der Waals surface area contributed by atoms with Gasteiger partial charge in [0, 0.05) is 6.08 Å². The van der Waals surface area contributed by atoms with E-state index < -0.39 is 28.7 Å². The lowest BCUT2D eigenvalue weighted by Gasteiger charge is -2.02. The Morgan fingerprint density at radius 3 is 2.51 bits per heavy atom. The minimum absolute atomic E-state index is 0.0476. The highest BCUT2D eigenvalue weighted by atomic mass is 32.2. The van der Waals surface area contributed by atoms with Gasteiger partial charge < -0.3 is 4.74 Å². The van der Waals surface area contributed by atoms with Gasteiger partial charge >= 0.3 is 11.7 Å². The lowest BCUT2D eigenvalue weighted by molar-refractivity contribution is -0.129. The van der Waals surface area contributed by atoms with Crippen molar-refractivity contribution >= 4 is 41.0 Å². The lowest BCUT2D eigenvalue weighted by Crippen LogP contribution is -2.31. The van der Waals surface area contributed by atoms with E-state index in [4.69, 9.17) is 4.74 Å². The van der Waals surface area contributed by atoms with E-state index in [1.807, 2.05) is 11.4 Å². The standard InChI is InChI=1S/C22H16N6O6S/c29-18(12-28-22(33)27(13-24-28)15-4-2-1-3-5-15)26-23-11-14-6-8-16(9-7-14)34-19(30)10-17-20(31)25-21(32)35-17/h1-11,13H,12H2,(H,26,29)(H,25,31,32)/b17-10-,23-11+. The fourth-order valence-electron chi connectivity index (χ4n) is 2.86. The molecule has 0 saturated carbocycles. The second-order valence-electron chi connectivity index (χ2n) is 6.91. The topological polar surface area (TPSA) is 154 Å². The van der Waals surface area contributed by atoms with E-state index in [1.165, 1.54) is 29.2 Å². The molecule has 1 aliphatic heterocycles. The Kier molecular flexibility index (Phi) is 6.97. The second-order valence-corrected chi connectivity index (χ2v) is 7.93. The number of ether oxygens (including phenoxy) is 1. The summed E-state index contributed by atoms with van der Waals surface area (Å²) in [6.45, 7) is -0.317. The quantitative estimate of drug-likeness (QED) is 0.163. The van der Waals surface area contributed by atoms with Gasteiger partial charge in [0.05, 0.1) is 16.8 Å². The number of nitrogens with one attached hydrogen (secondary N) is 2. The van der Waals surface area contributed by atoms with Gasteiger partial charge in [0.2, 0.25) is 0 Å². The predicted octanol–water partition coefficient (Wildman–Crippen LogP) is 0.957. The van der Waals surface area contributed by atoms with Gasteiger partial charge in [-0.1, -0.05) is 18.2 Å². The van der Waals surface area contributed by atoms with Crippen LogP contribution >= 0.6 is 11.8 Å². The fraction of sp³-hybridized carbons (Fsp3) is 0.0455. The minimum atomic E-state index is -0.809. The molecule has 1 saturated heterocycles.